The third kappa shape index (κ3) is 1.95. The second-order valence-electron chi connectivity index (χ2n) is 3.85. The third-order valence-electron chi connectivity index (χ3n) is 2.72. The summed E-state index contributed by atoms with van der Waals surface area (Å²) < 4.78 is 0. The molecule has 14 heavy (non-hydrogen) atoms. The summed E-state index contributed by atoms with van der Waals surface area (Å²) in [7, 11) is 0. The number of hydrogen-bond donors (Lipinski definition) is 1. The molecule has 1 aromatic rings. The van der Waals surface area contributed by atoms with Crippen LogP contribution in [0.3, 0.4) is 0 Å². The number of aliphatic carboxylic acids is 1. The number of hydrogen-bond acceptors (Lipinski definition) is 1. The Morgan fingerprint density at radius 3 is 2.14 bits per heavy atom. The summed E-state index contributed by atoms with van der Waals surface area (Å²) in [5, 5.41) is 8.92. The fourth-order valence-corrected chi connectivity index (χ4v) is 1.58. The Morgan fingerprint density at radius 2 is 1.64 bits per heavy atom. The van der Waals surface area contributed by atoms with Crippen molar-refractivity contribution in [2.45, 2.75) is 33.6 Å². The van der Waals surface area contributed by atoms with Crippen molar-refractivity contribution in [1.29, 1.82) is 0 Å². The number of aryl methyl sites for hydroxylation is 3. The number of carboxylic acids is 1. The van der Waals surface area contributed by atoms with Gasteiger partial charge in [0.25, 0.3) is 0 Å². The quantitative estimate of drug-likeness (QED) is 0.782. The van der Waals surface area contributed by atoms with Crippen molar-refractivity contribution in [3.8, 4) is 0 Å². The fourth-order valence-electron chi connectivity index (χ4n) is 1.58. The largest absolute Gasteiger partial charge is 0.481 e. The molecular weight excluding hydrogens is 176 g/mol. The SMILES string of the molecule is Cc1cc(C)c(C(C)C(=O)O)cc1C. The Kier molecular flexibility index (Phi) is 2.94. The Balaban J connectivity index is 3.22. The van der Waals surface area contributed by atoms with Crippen molar-refractivity contribution in [2.75, 3.05) is 0 Å². The highest BCUT2D eigenvalue weighted by Gasteiger charge is 2.16. The average molecular weight is 192 g/mol. The van der Waals surface area contributed by atoms with Crippen LogP contribution in [0.25, 0.3) is 0 Å². The van der Waals surface area contributed by atoms with E-state index in [1.54, 1.807) is 6.92 Å². The van der Waals surface area contributed by atoms with Crippen LogP contribution >= 0.6 is 0 Å². The summed E-state index contributed by atoms with van der Waals surface area (Å²) in [5.74, 6) is -1.19. The molecule has 2 heteroatoms. The van der Waals surface area contributed by atoms with E-state index in [1.807, 2.05) is 32.9 Å². The van der Waals surface area contributed by atoms with E-state index >= 15 is 0 Å². The normalized spacial score (nSPS) is 12.6. The summed E-state index contributed by atoms with van der Waals surface area (Å²) in [6, 6.07) is 4.02. The molecule has 0 aliphatic heterocycles. The summed E-state index contributed by atoms with van der Waals surface area (Å²) >= 11 is 0. The lowest BCUT2D eigenvalue weighted by atomic mass is 9.92. The molecule has 1 aromatic carbocycles. The molecule has 1 unspecified atom stereocenters. The zero-order valence-corrected chi connectivity index (χ0v) is 9.09. The van der Waals surface area contributed by atoms with Crippen molar-refractivity contribution < 1.29 is 9.90 Å². The first-order chi connectivity index (χ1) is 6.43. The second-order valence-corrected chi connectivity index (χ2v) is 3.85. The molecule has 0 radical (unpaired) electrons. The Labute approximate surface area is 84.6 Å². The number of carboxylic acid groups (broad SMARTS) is 1. The van der Waals surface area contributed by atoms with E-state index in [0.29, 0.717) is 0 Å². The zero-order chi connectivity index (χ0) is 10.9. The van der Waals surface area contributed by atoms with Crippen LogP contribution in [0.5, 0.6) is 0 Å². The first-order valence-corrected chi connectivity index (χ1v) is 4.74. The van der Waals surface area contributed by atoms with Gasteiger partial charge in [-0.1, -0.05) is 12.1 Å². The van der Waals surface area contributed by atoms with E-state index in [4.69, 9.17) is 5.11 Å². The molecule has 0 amide bonds. The van der Waals surface area contributed by atoms with Gasteiger partial charge < -0.3 is 5.11 Å². The van der Waals surface area contributed by atoms with Gasteiger partial charge in [-0.15, -0.1) is 0 Å². The highest BCUT2D eigenvalue weighted by Crippen LogP contribution is 2.23. The Hall–Kier alpha value is -1.31. The van der Waals surface area contributed by atoms with Crippen LogP contribution in [0.2, 0.25) is 0 Å². The molecule has 0 heterocycles. The van der Waals surface area contributed by atoms with Crippen LogP contribution in [0.4, 0.5) is 0 Å². The zero-order valence-electron chi connectivity index (χ0n) is 9.09. The van der Waals surface area contributed by atoms with E-state index in [1.165, 1.54) is 5.56 Å². The Morgan fingerprint density at radius 1 is 1.14 bits per heavy atom. The first-order valence-electron chi connectivity index (χ1n) is 4.74. The molecule has 76 valence electrons. The molecule has 0 bridgehead atoms. The van der Waals surface area contributed by atoms with Crippen LogP contribution in [0, 0.1) is 20.8 Å². The van der Waals surface area contributed by atoms with E-state index < -0.39 is 11.9 Å². The minimum atomic E-state index is -0.767. The van der Waals surface area contributed by atoms with E-state index in [0.717, 1.165) is 16.7 Å². The predicted molar refractivity (Wildman–Crippen MR) is 56.7 cm³/mol. The molecule has 1 rings (SSSR count). The van der Waals surface area contributed by atoms with Gasteiger partial charge >= 0.3 is 5.97 Å². The molecule has 1 atom stereocenters. The third-order valence-corrected chi connectivity index (χ3v) is 2.72. The summed E-state index contributed by atoms with van der Waals surface area (Å²) in [6.07, 6.45) is 0. The maximum absolute atomic E-state index is 10.8. The number of benzene rings is 1. The standard InChI is InChI=1S/C12H16O2/c1-7-5-9(3)11(6-8(7)2)10(4)12(13)14/h5-6,10H,1-4H3,(H,13,14). The minimum absolute atomic E-state index is 0.422. The smallest absolute Gasteiger partial charge is 0.310 e. The molecule has 0 aromatic heterocycles. The van der Waals surface area contributed by atoms with Gasteiger partial charge in [0.05, 0.1) is 5.92 Å². The maximum Gasteiger partial charge on any atom is 0.310 e. The van der Waals surface area contributed by atoms with Crippen molar-refractivity contribution in [2.24, 2.45) is 0 Å². The lowest BCUT2D eigenvalue weighted by molar-refractivity contribution is -0.138. The number of carbonyl (C=O) groups is 1. The molecule has 0 saturated heterocycles. The van der Waals surface area contributed by atoms with E-state index in [2.05, 4.69) is 0 Å². The summed E-state index contributed by atoms with van der Waals surface area (Å²) in [4.78, 5) is 10.8. The maximum atomic E-state index is 10.8. The van der Waals surface area contributed by atoms with E-state index in [-0.39, 0.29) is 0 Å². The molecule has 1 N–H and O–H groups in total. The first kappa shape index (κ1) is 10.8. The van der Waals surface area contributed by atoms with Crippen molar-refractivity contribution in [3.63, 3.8) is 0 Å². The second kappa shape index (κ2) is 3.82. The average Bonchev–Trinajstić information content (AvgIpc) is 2.10. The summed E-state index contributed by atoms with van der Waals surface area (Å²) in [6.45, 7) is 7.73. The van der Waals surface area contributed by atoms with Gasteiger partial charge in [-0.2, -0.15) is 0 Å². The van der Waals surface area contributed by atoms with Crippen LogP contribution in [-0.2, 0) is 4.79 Å². The monoisotopic (exact) mass is 192 g/mol. The van der Waals surface area contributed by atoms with Crippen molar-refractivity contribution >= 4 is 5.97 Å². The molecule has 0 fully saturated rings. The molecule has 0 aliphatic carbocycles. The van der Waals surface area contributed by atoms with E-state index in [9.17, 15) is 4.79 Å². The highest BCUT2D eigenvalue weighted by atomic mass is 16.4. The lowest BCUT2D eigenvalue weighted by Crippen LogP contribution is -2.09. The molecule has 0 aliphatic rings. The van der Waals surface area contributed by atoms with Gasteiger partial charge in [-0.25, -0.2) is 0 Å². The van der Waals surface area contributed by atoms with Crippen LogP contribution in [-0.4, -0.2) is 11.1 Å². The van der Waals surface area contributed by atoms with Crippen LogP contribution < -0.4 is 0 Å². The fraction of sp³-hybridized carbons (Fsp3) is 0.417. The van der Waals surface area contributed by atoms with Crippen molar-refractivity contribution in [1.82, 2.24) is 0 Å². The minimum Gasteiger partial charge on any atom is -0.481 e. The van der Waals surface area contributed by atoms with Gasteiger partial charge in [0, 0.05) is 0 Å². The van der Waals surface area contributed by atoms with Crippen LogP contribution in [0.1, 0.15) is 35.1 Å². The van der Waals surface area contributed by atoms with Crippen LogP contribution in [0.15, 0.2) is 12.1 Å². The summed E-state index contributed by atoms with van der Waals surface area (Å²) in [5.41, 5.74) is 4.34. The van der Waals surface area contributed by atoms with Gasteiger partial charge in [0.1, 0.15) is 0 Å². The van der Waals surface area contributed by atoms with Crippen molar-refractivity contribution in [3.05, 3.63) is 34.4 Å². The molecule has 0 spiro atoms. The van der Waals surface area contributed by atoms with Gasteiger partial charge in [0.15, 0.2) is 0 Å². The molecule has 2 nitrogen and oxygen atoms in total. The lowest BCUT2D eigenvalue weighted by Gasteiger charge is -2.13. The number of rotatable bonds is 2. The van der Waals surface area contributed by atoms with Gasteiger partial charge in [-0.3, -0.25) is 4.79 Å². The Bertz CT molecular complexity index is 367. The molecule has 0 saturated carbocycles. The van der Waals surface area contributed by atoms with Gasteiger partial charge in [0.2, 0.25) is 0 Å². The molecular formula is C12H16O2. The topological polar surface area (TPSA) is 37.3 Å². The highest BCUT2D eigenvalue weighted by molar-refractivity contribution is 5.76. The predicted octanol–water partition coefficient (Wildman–Crippen LogP) is 2.80. The van der Waals surface area contributed by atoms with Gasteiger partial charge in [-0.05, 0) is 49.9 Å².